The van der Waals surface area contributed by atoms with Gasteiger partial charge in [-0.3, -0.25) is 0 Å². The molecule has 0 radical (unpaired) electrons. The lowest BCUT2D eigenvalue weighted by Crippen LogP contribution is -2.45. The van der Waals surface area contributed by atoms with Crippen molar-refractivity contribution in [2.75, 3.05) is 20.6 Å². The SMILES string of the molecule is Cc1cc(F)cc(C)c1S(=O)(=O)NC(CN(C)C)C(C)C. The standard InChI is InChI=1S/C15H25FN2O2S/c1-10(2)14(9-18(5)6)17-21(19,20)15-11(3)7-13(16)8-12(15)4/h7-8,10,14,17H,9H2,1-6H3. The number of benzene rings is 1. The van der Waals surface area contributed by atoms with Crippen molar-refractivity contribution in [1.29, 1.82) is 0 Å². The molecule has 0 aromatic heterocycles. The normalized spacial score (nSPS) is 14.0. The average Bonchev–Trinajstić information content (AvgIpc) is 2.24. The van der Waals surface area contributed by atoms with E-state index in [0.717, 1.165) is 0 Å². The second kappa shape index (κ2) is 6.85. The maximum absolute atomic E-state index is 13.3. The molecule has 120 valence electrons. The Hall–Kier alpha value is -0.980. The van der Waals surface area contributed by atoms with Gasteiger partial charge in [-0.1, -0.05) is 13.8 Å². The number of likely N-dealkylation sites (N-methyl/N-ethyl adjacent to an activating group) is 1. The Labute approximate surface area is 127 Å². The van der Waals surface area contributed by atoms with Crippen molar-refractivity contribution in [3.63, 3.8) is 0 Å². The predicted molar refractivity (Wildman–Crippen MR) is 83.4 cm³/mol. The largest absolute Gasteiger partial charge is 0.308 e. The number of nitrogens with zero attached hydrogens (tertiary/aromatic N) is 1. The molecule has 0 fully saturated rings. The topological polar surface area (TPSA) is 49.4 Å². The highest BCUT2D eigenvalue weighted by molar-refractivity contribution is 7.89. The fraction of sp³-hybridized carbons (Fsp3) is 0.600. The first-order valence-electron chi connectivity index (χ1n) is 6.98. The molecule has 0 spiro atoms. The first-order chi connectivity index (χ1) is 9.54. The summed E-state index contributed by atoms with van der Waals surface area (Å²) >= 11 is 0. The molecule has 6 heteroatoms. The summed E-state index contributed by atoms with van der Waals surface area (Å²) in [4.78, 5) is 2.12. The summed E-state index contributed by atoms with van der Waals surface area (Å²) in [5.41, 5.74) is 0.847. The Morgan fingerprint density at radius 3 is 2.05 bits per heavy atom. The van der Waals surface area contributed by atoms with Crippen molar-refractivity contribution in [2.45, 2.75) is 38.6 Å². The van der Waals surface area contributed by atoms with E-state index in [1.54, 1.807) is 13.8 Å². The van der Waals surface area contributed by atoms with Gasteiger partial charge in [-0.05, 0) is 57.1 Å². The molecule has 0 amide bonds. The molecule has 0 bridgehead atoms. The van der Waals surface area contributed by atoms with Gasteiger partial charge in [0.05, 0.1) is 4.90 Å². The van der Waals surface area contributed by atoms with Gasteiger partial charge in [0.15, 0.2) is 0 Å². The molecule has 4 nitrogen and oxygen atoms in total. The number of halogens is 1. The van der Waals surface area contributed by atoms with Gasteiger partial charge in [0, 0.05) is 12.6 Å². The lowest BCUT2D eigenvalue weighted by Gasteiger charge is -2.26. The van der Waals surface area contributed by atoms with Crippen molar-refractivity contribution < 1.29 is 12.8 Å². The third-order valence-corrected chi connectivity index (χ3v) is 5.16. The molecule has 0 aliphatic heterocycles. The van der Waals surface area contributed by atoms with E-state index < -0.39 is 15.8 Å². The number of hydrogen-bond acceptors (Lipinski definition) is 3. The zero-order valence-corrected chi connectivity index (χ0v) is 14.4. The summed E-state index contributed by atoms with van der Waals surface area (Å²) in [6.07, 6.45) is 0. The molecule has 0 saturated heterocycles. The van der Waals surface area contributed by atoms with Gasteiger partial charge < -0.3 is 4.90 Å². The molecular formula is C15H25FN2O2S. The molecular weight excluding hydrogens is 291 g/mol. The van der Waals surface area contributed by atoms with Crippen LogP contribution in [0.1, 0.15) is 25.0 Å². The summed E-state index contributed by atoms with van der Waals surface area (Å²) in [6.45, 7) is 7.78. The Kier molecular flexibility index (Phi) is 5.90. The van der Waals surface area contributed by atoms with Crippen LogP contribution in [0, 0.1) is 25.6 Å². The highest BCUT2D eigenvalue weighted by Crippen LogP contribution is 2.22. The third-order valence-electron chi connectivity index (χ3n) is 3.37. The molecule has 0 aliphatic carbocycles. The monoisotopic (exact) mass is 316 g/mol. The van der Waals surface area contributed by atoms with Gasteiger partial charge in [-0.2, -0.15) is 0 Å². The summed E-state index contributed by atoms with van der Waals surface area (Å²) < 4.78 is 41.3. The van der Waals surface area contributed by atoms with E-state index in [4.69, 9.17) is 0 Å². The fourth-order valence-corrected chi connectivity index (χ4v) is 4.19. The van der Waals surface area contributed by atoms with E-state index in [1.165, 1.54) is 12.1 Å². The van der Waals surface area contributed by atoms with Gasteiger partial charge in [0.1, 0.15) is 5.82 Å². The van der Waals surface area contributed by atoms with Crippen molar-refractivity contribution in [3.8, 4) is 0 Å². The van der Waals surface area contributed by atoms with Gasteiger partial charge >= 0.3 is 0 Å². The zero-order valence-electron chi connectivity index (χ0n) is 13.6. The van der Waals surface area contributed by atoms with E-state index in [9.17, 15) is 12.8 Å². The first kappa shape index (κ1) is 18.1. The second-order valence-corrected chi connectivity index (χ2v) is 7.75. The van der Waals surface area contributed by atoms with Crippen LogP contribution in [0.4, 0.5) is 4.39 Å². The zero-order chi connectivity index (χ0) is 16.4. The first-order valence-corrected chi connectivity index (χ1v) is 8.46. The van der Waals surface area contributed by atoms with Crippen LogP contribution in [0.2, 0.25) is 0 Å². The van der Waals surface area contributed by atoms with Crippen LogP contribution in [-0.2, 0) is 10.0 Å². The lowest BCUT2D eigenvalue weighted by atomic mass is 10.1. The van der Waals surface area contributed by atoms with Crippen LogP contribution in [0.5, 0.6) is 0 Å². The smallest absolute Gasteiger partial charge is 0.241 e. The minimum absolute atomic E-state index is 0.156. The number of hydrogen-bond donors (Lipinski definition) is 1. The summed E-state index contributed by atoms with van der Waals surface area (Å²) in [5, 5.41) is 0. The van der Waals surface area contributed by atoms with Gasteiger partial charge in [0.25, 0.3) is 0 Å². The molecule has 1 aromatic carbocycles. The molecule has 1 unspecified atom stereocenters. The summed E-state index contributed by atoms with van der Waals surface area (Å²) in [5.74, 6) is -0.263. The van der Waals surface area contributed by atoms with Crippen molar-refractivity contribution in [2.24, 2.45) is 5.92 Å². The maximum Gasteiger partial charge on any atom is 0.241 e. The number of rotatable bonds is 6. The maximum atomic E-state index is 13.3. The summed E-state index contributed by atoms with van der Waals surface area (Å²) in [6, 6.07) is 2.30. The Morgan fingerprint density at radius 2 is 1.67 bits per heavy atom. The molecule has 0 saturated carbocycles. The molecule has 1 aromatic rings. The van der Waals surface area contributed by atoms with E-state index in [-0.39, 0.29) is 16.9 Å². The van der Waals surface area contributed by atoms with Crippen LogP contribution >= 0.6 is 0 Å². The fourth-order valence-electron chi connectivity index (χ4n) is 2.36. The van der Waals surface area contributed by atoms with E-state index in [0.29, 0.717) is 17.7 Å². The van der Waals surface area contributed by atoms with Gasteiger partial charge in [0.2, 0.25) is 10.0 Å². The highest BCUT2D eigenvalue weighted by atomic mass is 32.2. The van der Waals surface area contributed by atoms with Crippen LogP contribution in [0.15, 0.2) is 17.0 Å². The van der Waals surface area contributed by atoms with Crippen molar-refractivity contribution in [3.05, 3.63) is 29.1 Å². The van der Waals surface area contributed by atoms with Crippen LogP contribution in [0.25, 0.3) is 0 Å². The van der Waals surface area contributed by atoms with Crippen molar-refractivity contribution >= 4 is 10.0 Å². The lowest BCUT2D eigenvalue weighted by molar-refractivity contribution is 0.314. The minimum Gasteiger partial charge on any atom is -0.308 e. The summed E-state index contributed by atoms with van der Waals surface area (Å²) in [7, 11) is 0.130. The molecule has 0 heterocycles. The van der Waals surface area contributed by atoms with Crippen LogP contribution < -0.4 is 4.72 Å². The molecule has 1 rings (SSSR count). The number of nitrogens with one attached hydrogen (secondary N) is 1. The molecule has 1 N–H and O–H groups in total. The van der Waals surface area contributed by atoms with E-state index in [2.05, 4.69) is 4.72 Å². The minimum atomic E-state index is -3.67. The van der Waals surface area contributed by atoms with Gasteiger partial charge in [-0.25, -0.2) is 17.5 Å². The molecule has 1 atom stereocenters. The Morgan fingerprint density at radius 1 is 1.19 bits per heavy atom. The predicted octanol–water partition coefficient (Wildman–Crippen LogP) is 2.31. The second-order valence-electron chi connectivity index (χ2n) is 6.10. The highest BCUT2D eigenvalue weighted by Gasteiger charge is 2.26. The van der Waals surface area contributed by atoms with Gasteiger partial charge in [-0.15, -0.1) is 0 Å². The number of aryl methyl sites for hydroxylation is 2. The molecule has 21 heavy (non-hydrogen) atoms. The Balaban J connectivity index is 3.17. The quantitative estimate of drug-likeness (QED) is 0.876. The third kappa shape index (κ3) is 4.76. The van der Waals surface area contributed by atoms with Crippen LogP contribution in [-0.4, -0.2) is 40.0 Å². The van der Waals surface area contributed by atoms with Crippen molar-refractivity contribution in [1.82, 2.24) is 9.62 Å². The average molecular weight is 316 g/mol. The van der Waals surface area contributed by atoms with Crippen LogP contribution in [0.3, 0.4) is 0 Å². The van der Waals surface area contributed by atoms with E-state index >= 15 is 0 Å². The van der Waals surface area contributed by atoms with E-state index in [1.807, 2.05) is 32.8 Å². The Bertz CT molecular complexity index is 575. The number of sulfonamides is 1. The molecule has 0 aliphatic rings.